The molecule has 0 amide bonds. The third-order valence-corrected chi connectivity index (χ3v) is 2.07. The first-order chi connectivity index (χ1) is 5.20. The zero-order valence-corrected chi connectivity index (χ0v) is 8.32. The van der Waals surface area contributed by atoms with Gasteiger partial charge in [-0.2, -0.15) is 0 Å². The van der Waals surface area contributed by atoms with E-state index in [1.54, 1.807) is 0 Å². The summed E-state index contributed by atoms with van der Waals surface area (Å²) >= 11 is 0. The average Bonchev–Trinajstić information content (AvgIpc) is 1.93. The van der Waals surface area contributed by atoms with Crippen molar-refractivity contribution in [2.45, 2.75) is 26.4 Å². The van der Waals surface area contributed by atoms with Gasteiger partial charge in [-0.1, -0.05) is 6.92 Å². The number of hydrogen-bond acceptors (Lipinski definition) is 3. The van der Waals surface area contributed by atoms with Crippen LogP contribution < -0.4 is 5.32 Å². The van der Waals surface area contributed by atoms with E-state index in [0.717, 1.165) is 19.5 Å². The summed E-state index contributed by atoms with van der Waals surface area (Å²) in [5.41, 5.74) is 0. The summed E-state index contributed by atoms with van der Waals surface area (Å²) in [5, 5.41) is 3.19. The van der Waals surface area contributed by atoms with E-state index in [0.29, 0.717) is 5.92 Å². The molecule has 0 saturated carbocycles. The van der Waals surface area contributed by atoms with E-state index in [1.807, 2.05) is 0 Å². The number of halogens is 1. The minimum Gasteiger partial charge on any atom is -0.461 e. The van der Waals surface area contributed by atoms with Gasteiger partial charge in [-0.15, -0.1) is 12.4 Å². The normalized spacial score (nSPS) is 28.8. The zero-order valence-electron chi connectivity index (χ0n) is 7.50. The van der Waals surface area contributed by atoms with E-state index in [2.05, 4.69) is 12.2 Å². The van der Waals surface area contributed by atoms with Crippen molar-refractivity contribution in [2.75, 3.05) is 13.1 Å². The molecule has 72 valence electrons. The Labute approximate surface area is 79.3 Å². The van der Waals surface area contributed by atoms with Crippen molar-refractivity contribution >= 4 is 18.4 Å². The van der Waals surface area contributed by atoms with Gasteiger partial charge in [0.1, 0.15) is 6.10 Å². The third-order valence-electron chi connectivity index (χ3n) is 2.07. The molecule has 0 spiro atoms. The molecule has 0 aromatic carbocycles. The van der Waals surface area contributed by atoms with Gasteiger partial charge in [0.15, 0.2) is 0 Å². The van der Waals surface area contributed by atoms with Gasteiger partial charge in [0.2, 0.25) is 0 Å². The number of esters is 1. The molecule has 0 aromatic heterocycles. The van der Waals surface area contributed by atoms with Crippen LogP contribution in [0.1, 0.15) is 20.3 Å². The van der Waals surface area contributed by atoms with Gasteiger partial charge in [-0.3, -0.25) is 4.79 Å². The highest BCUT2D eigenvalue weighted by atomic mass is 35.5. The molecule has 0 radical (unpaired) electrons. The Morgan fingerprint density at radius 2 is 2.25 bits per heavy atom. The predicted molar refractivity (Wildman–Crippen MR) is 49.5 cm³/mol. The summed E-state index contributed by atoms with van der Waals surface area (Å²) in [6, 6.07) is 0. The Balaban J connectivity index is 0.00000121. The van der Waals surface area contributed by atoms with Crippen LogP contribution >= 0.6 is 12.4 Å². The van der Waals surface area contributed by atoms with Crippen molar-refractivity contribution in [1.29, 1.82) is 0 Å². The summed E-state index contributed by atoms with van der Waals surface area (Å²) in [4.78, 5) is 10.6. The van der Waals surface area contributed by atoms with Gasteiger partial charge in [-0.25, -0.2) is 0 Å². The molecule has 0 bridgehead atoms. The molecule has 1 N–H and O–H groups in total. The number of ether oxygens (including phenoxy) is 1. The van der Waals surface area contributed by atoms with E-state index < -0.39 is 0 Å². The molecular formula is C8H16ClNO2. The van der Waals surface area contributed by atoms with E-state index >= 15 is 0 Å². The molecule has 3 nitrogen and oxygen atoms in total. The number of hydrogen-bond donors (Lipinski definition) is 1. The second-order valence-electron chi connectivity index (χ2n) is 3.12. The molecular weight excluding hydrogens is 178 g/mol. The Bertz CT molecular complexity index is 152. The number of carbonyl (C=O) groups excluding carboxylic acids is 1. The fourth-order valence-corrected chi connectivity index (χ4v) is 1.33. The quantitative estimate of drug-likeness (QED) is 0.631. The van der Waals surface area contributed by atoms with Crippen LogP contribution in [0.5, 0.6) is 0 Å². The second kappa shape index (κ2) is 5.38. The van der Waals surface area contributed by atoms with Gasteiger partial charge in [-0.05, 0) is 18.9 Å². The largest absolute Gasteiger partial charge is 0.461 e. The van der Waals surface area contributed by atoms with Gasteiger partial charge in [0, 0.05) is 13.5 Å². The Morgan fingerprint density at radius 3 is 2.75 bits per heavy atom. The monoisotopic (exact) mass is 193 g/mol. The van der Waals surface area contributed by atoms with E-state index in [4.69, 9.17) is 4.74 Å². The van der Waals surface area contributed by atoms with Crippen LogP contribution in [-0.2, 0) is 9.53 Å². The maximum absolute atomic E-state index is 10.6. The predicted octanol–water partition coefficient (Wildman–Crippen LogP) is 0.969. The van der Waals surface area contributed by atoms with Crippen LogP contribution in [-0.4, -0.2) is 25.2 Å². The van der Waals surface area contributed by atoms with Crippen LogP contribution in [0.2, 0.25) is 0 Å². The maximum Gasteiger partial charge on any atom is 0.302 e. The Kier molecular flexibility index (Phi) is 5.25. The van der Waals surface area contributed by atoms with Gasteiger partial charge >= 0.3 is 5.97 Å². The molecule has 4 heteroatoms. The summed E-state index contributed by atoms with van der Waals surface area (Å²) < 4.78 is 5.10. The van der Waals surface area contributed by atoms with Crippen molar-refractivity contribution < 1.29 is 9.53 Å². The van der Waals surface area contributed by atoms with Crippen LogP contribution in [0.15, 0.2) is 0 Å². The first-order valence-corrected chi connectivity index (χ1v) is 4.08. The smallest absolute Gasteiger partial charge is 0.302 e. The molecule has 1 heterocycles. The molecule has 2 unspecified atom stereocenters. The highest BCUT2D eigenvalue weighted by Gasteiger charge is 2.22. The molecule has 1 rings (SSSR count). The van der Waals surface area contributed by atoms with Crippen molar-refractivity contribution in [1.82, 2.24) is 5.32 Å². The third kappa shape index (κ3) is 3.41. The first-order valence-electron chi connectivity index (χ1n) is 4.08. The van der Waals surface area contributed by atoms with Gasteiger partial charge < -0.3 is 10.1 Å². The number of piperidine rings is 1. The molecule has 0 aromatic rings. The molecule has 1 fully saturated rings. The van der Waals surface area contributed by atoms with Crippen LogP contribution in [0, 0.1) is 5.92 Å². The number of nitrogens with one attached hydrogen (secondary N) is 1. The summed E-state index contributed by atoms with van der Waals surface area (Å²) in [6.45, 7) is 5.43. The van der Waals surface area contributed by atoms with Crippen molar-refractivity contribution in [3.8, 4) is 0 Å². The second-order valence-corrected chi connectivity index (χ2v) is 3.12. The van der Waals surface area contributed by atoms with Crippen molar-refractivity contribution in [3.63, 3.8) is 0 Å². The lowest BCUT2D eigenvalue weighted by molar-refractivity contribution is -0.149. The summed E-state index contributed by atoms with van der Waals surface area (Å²) in [6.07, 6.45) is 1.18. The van der Waals surface area contributed by atoms with E-state index in [1.165, 1.54) is 6.92 Å². The number of rotatable bonds is 1. The fourth-order valence-electron chi connectivity index (χ4n) is 1.33. The SMILES string of the molecule is CC(=O)OC1CNCCC1C.Cl. The lowest BCUT2D eigenvalue weighted by atomic mass is 9.97. The molecule has 2 atom stereocenters. The maximum atomic E-state index is 10.6. The minimum atomic E-state index is -0.175. The average molecular weight is 194 g/mol. The molecule has 12 heavy (non-hydrogen) atoms. The fraction of sp³-hybridized carbons (Fsp3) is 0.875. The summed E-state index contributed by atoms with van der Waals surface area (Å²) in [5.74, 6) is 0.325. The van der Waals surface area contributed by atoms with Crippen LogP contribution in [0.25, 0.3) is 0 Å². The highest BCUT2D eigenvalue weighted by molar-refractivity contribution is 5.85. The molecule has 1 aliphatic heterocycles. The Hall–Kier alpha value is -0.280. The van der Waals surface area contributed by atoms with Crippen molar-refractivity contribution in [2.24, 2.45) is 5.92 Å². The zero-order chi connectivity index (χ0) is 8.27. The molecule has 1 saturated heterocycles. The van der Waals surface area contributed by atoms with Crippen molar-refractivity contribution in [3.05, 3.63) is 0 Å². The lowest BCUT2D eigenvalue weighted by Gasteiger charge is -2.28. The first kappa shape index (κ1) is 11.7. The van der Waals surface area contributed by atoms with Gasteiger partial charge in [0.05, 0.1) is 0 Å². The summed E-state index contributed by atoms with van der Waals surface area (Å²) in [7, 11) is 0. The van der Waals surface area contributed by atoms with Gasteiger partial charge in [0.25, 0.3) is 0 Å². The van der Waals surface area contributed by atoms with E-state index in [-0.39, 0.29) is 24.5 Å². The van der Waals surface area contributed by atoms with Crippen LogP contribution in [0.4, 0.5) is 0 Å². The topological polar surface area (TPSA) is 38.3 Å². The van der Waals surface area contributed by atoms with Crippen LogP contribution in [0.3, 0.4) is 0 Å². The molecule has 1 aliphatic rings. The van der Waals surface area contributed by atoms with E-state index in [9.17, 15) is 4.79 Å². The number of carbonyl (C=O) groups is 1. The standard InChI is InChI=1S/C8H15NO2.ClH/c1-6-3-4-9-5-8(6)11-7(2)10;/h6,8-9H,3-5H2,1-2H3;1H. The Morgan fingerprint density at radius 1 is 1.58 bits per heavy atom. The molecule has 0 aliphatic carbocycles. The highest BCUT2D eigenvalue weighted by Crippen LogP contribution is 2.14. The minimum absolute atomic E-state index is 0. The lowest BCUT2D eigenvalue weighted by Crippen LogP contribution is -2.41.